The summed E-state index contributed by atoms with van der Waals surface area (Å²) < 4.78 is 8.68. The van der Waals surface area contributed by atoms with Crippen LogP contribution in [0.25, 0.3) is 0 Å². The van der Waals surface area contributed by atoms with Gasteiger partial charge >= 0.3 is 12.1 Å². The van der Waals surface area contributed by atoms with Gasteiger partial charge in [0.2, 0.25) is 11.5 Å². The minimum atomic E-state index is -1.37. The van der Waals surface area contributed by atoms with Crippen LogP contribution in [0.4, 0.5) is 9.93 Å². The van der Waals surface area contributed by atoms with E-state index in [4.69, 9.17) is 16.3 Å². The van der Waals surface area contributed by atoms with Gasteiger partial charge in [0.15, 0.2) is 5.13 Å². The maximum Gasteiger partial charge on any atom is 0.404 e. The first kappa shape index (κ1) is 23.5. The summed E-state index contributed by atoms with van der Waals surface area (Å²) in [6.07, 6.45) is 3.89. The Bertz CT molecular complexity index is 1130. The SMILES string of the molecule is NC(=O)OCC1=C(C(=O)O)N2C(=O)C(NC(=O)C(=NOC3C=CCC3)c3nsc(N)n3)[C@@H]2SC1. The number of primary amides is 1. The molecule has 0 aromatic carbocycles. The topological polar surface area (TPSA) is 212 Å². The number of anilines is 1. The lowest BCUT2D eigenvalue weighted by Crippen LogP contribution is -2.71. The van der Waals surface area contributed by atoms with Gasteiger partial charge in [-0.15, -0.1) is 11.8 Å². The zero-order valence-electron chi connectivity index (χ0n) is 17.4. The summed E-state index contributed by atoms with van der Waals surface area (Å²) in [6.45, 7) is -0.363. The number of carbonyl (C=O) groups excluding carboxylic acids is 3. The second kappa shape index (κ2) is 9.68. The lowest BCUT2D eigenvalue weighted by atomic mass is 10.0. The number of carbonyl (C=O) groups is 4. The number of allylic oxidation sites excluding steroid dienone is 1. The van der Waals surface area contributed by atoms with E-state index >= 15 is 0 Å². The molecule has 1 aromatic rings. The van der Waals surface area contributed by atoms with Crippen LogP contribution >= 0.6 is 23.3 Å². The van der Waals surface area contributed by atoms with Crippen molar-refractivity contribution in [1.82, 2.24) is 19.6 Å². The van der Waals surface area contributed by atoms with Crippen LogP contribution in [-0.4, -0.2) is 78.8 Å². The van der Waals surface area contributed by atoms with Crippen molar-refractivity contribution in [1.29, 1.82) is 0 Å². The Labute approximate surface area is 200 Å². The highest BCUT2D eigenvalue weighted by atomic mass is 32.2. The molecule has 0 bridgehead atoms. The van der Waals surface area contributed by atoms with E-state index in [1.165, 1.54) is 11.8 Å². The second-order valence-corrected chi connectivity index (χ2v) is 9.16. The zero-order valence-corrected chi connectivity index (χ0v) is 19.0. The number of carboxylic acids is 1. The number of carboxylic acid groups (broad SMARTS) is 1. The zero-order chi connectivity index (χ0) is 24.4. The lowest BCUT2D eigenvalue weighted by Gasteiger charge is -2.49. The summed E-state index contributed by atoms with van der Waals surface area (Å²) in [5, 5.41) is 15.5. The third-order valence-electron chi connectivity index (χ3n) is 5.04. The van der Waals surface area contributed by atoms with Gasteiger partial charge in [0.1, 0.15) is 29.8 Å². The van der Waals surface area contributed by atoms with Crippen molar-refractivity contribution in [2.24, 2.45) is 10.9 Å². The molecule has 1 aliphatic carbocycles. The van der Waals surface area contributed by atoms with E-state index in [0.717, 1.165) is 22.9 Å². The van der Waals surface area contributed by atoms with Crippen LogP contribution in [0, 0.1) is 0 Å². The Morgan fingerprint density at radius 1 is 1.38 bits per heavy atom. The first-order valence-corrected chi connectivity index (χ1v) is 11.7. The average molecular weight is 510 g/mol. The van der Waals surface area contributed by atoms with Crippen molar-refractivity contribution >= 4 is 58.0 Å². The van der Waals surface area contributed by atoms with Crippen LogP contribution < -0.4 is 16.8 Å². The molecule has 1 saturated heterocycles. The molecule has 1 fully saturated rings. The molecule has 6 N–H and O–H groups in total. The van der Waals surface area contributed by atoms with E-state index < -0.39 is 35.3 Å². The van der Waals surface area contributed by atoms with Gasteiger partial charge in [-0.05, 0) is 18.9 Å². The molecule has 34 heavy (non-hydrogen) atoms. The maximum atomic E-state index is 13.0. The fraction of sp³-hybridized carbons (Fsp3) is 0.389. The Morgan fingerprint density at radius 2 is 2.18 bits per heavy atom. The quantitative estimate of drug-likeness (QED) is 0.150. The number of ether oxygens (including phenoxy) is 1. The summed E-state index contributed by atoms with van der Waals surface area (Å²) in [4.78, 5) is 58.9. The van der Waals surface area contributed by atoms with E-state index in [9.17, 15) is 24.3 Å². The molecule has 3 aliphatic rings. The highest BCUT2D eigenvalue weighted by Gasteiger charge is 2.54. The van der Waals surface area contributed by atoms with E-state index in [0.29, 0.717) is 6.42 Å². The highest BCUT2D eigenvalue weighted by molar-refractivity contribution is 8.00. The standard InChI is InChI=1S/C18H19N7O7S2/c19-17-22-12(24-34-17)9(23-32-8-3-1-2-4-8)13(26)21-10-14(27)25-11(16(28)29)7(5-31-18(20)30)6-33-15(10)25/h1,3,8,10,15H,2,4-6H2,(H2,20,30)(H,21,26)(H,28,29)(H2,19,22,24)/t8?,10?,15-/m0/s1. The molecule has 16 heteroatoms. The smallest absolute Gasteiger partial charge is 0.404 e. The Balaban J connectivity index is 1.51. The number of fused-ring (bicyclic) bond motifs is 1. The van der Waals surface area contributed by atoms with Crippen LogP contribution in [-0.2, 0) is 24.0 Å². The summed E-state index contributed by atoms with van der Waals surface area (Å²) in [5.41, 5.74) is 10.2. The Hall–Kier alpha value is -3.66. The van der Waals surface area contributed by atoms with Crippen LogP contribution in [0.15, 0.2) is 28.6 Å². The number of hydrogen-bond donors (Lipinski definition) is 4. The molecule has 4 rings (SSSR count). The van der Waals surface area contributed by atoms with Crippen molar-refractivity contribution in [3.63, 3.8) is 0 Å². The number of thioether (sulfide) groups is 1. The third kappa shape index (κ3) is 4.67. The molecule has 2 unspecified atom stereocenters. The fourth-order valence-corrected chi connectivity index (χ4v) is 5.25. The van der Waals surface area contributed by atoms with E-state index in [-0.39, 0.29) is 46.4 Å². The number of nitrogens with zero attached hydrogens (tertiary/aromatic N) is 4. The Kier molecular flexibility index (Phi) is 6.69. The summed E-state index contributed by atoms with van der Waals surface area (Å²) >= 11 is 2.07. The second-order valence-electron chi connectivity index (χ2n) is 7.27. The monoisotopic (exact) mass is 509 g/mol. The number of nitrogens with one attached hydrogen (secondary N) is 1. The molecule has 0 spiro atoms. The van der Waals surface area contributed by atoms with Gasteiger partial charge in [-0.3, -0.25) is 14.5 Å². The van der Waals surface area contributed by atoms with Gasteiger partial charge in [0.25, 0.3) is 11.8 Å². The Morgan fingerprint density at radius 3 is 2.79 bits per heavy atom. The molecular weight excluding hydrogens is 490 g/mol. The van der Waals surface area contributed by atoms with Gasteiger partial charge < -0.3 is 31.5 Å². The van der Waals surface area contributed by atoms with E-state index in [2.05, 4.69) is 24.6 Å². The molecule has 3 heterocycles. The van der Waals surface area contributed by atoms with Crippen LogP contribution in [0.2, 0.25) is 0 Å². The molecule has 3 amide bonds. The minimum absolute atomic E-state index is 0.0566. The molecule has 3 atom stereocenters. The van der Waals surface area contributed by atoms with Crippen molar-refractivity contribution < 1.29 is 33.9 Å². The predicted molar refractivity (Wildman–Crippen MR) is 119 cm³/mol. The van der Waals surface area contributed by atoms with Gasteiger partial charge in [-0.25, -0.2) is 9.59 Å². The van der Waals surface area contributed by atoms with Crippen LogP contribution in [0.5, 0.6) is 0 Å². The highest BCUT2D eigenvalue weighted by Crippen LogP contribution is 2.40. The molecule has 0 saturated carbocycles. The number of aliphatic carboxylic acids is 1. The van der Waals surface area contributed by atoms with E-state index in [1.807, 2.05) is 12.2 Å². The number of nitrogens with two attached hydrogens (primary N) is 2. The van der Waals surface area contributed by atoms with Crippen LogP contribution in [0.3, 0.4) is 0 Å². The van der Waals surface area contributed by atoms with E-state index in [1.54, 1.807) is 0 Å². The number of hydrogen-bond acceptors (Lipinski definition) is 12. The number of amides is 3. The summed E-state index contributed by atoms with van der Waals surface area (Å²) in [5.74, 6) is -2.70. The van der Waals surface area contributed by atoms with Crippen molar-refractivity contribution in [2.75, 3.05) is 18.1 Å². The van der Waals surface area contributed by atoms with Gasteiger partial charge in [0, 0.05) is 22.9 Å². The molecule has 14 nitrogen and oxygen atoms in total. The fourth-order valence-electron chi connectivity index (χ4n) is 3.49. The molecule has 0 radical (unpaired) electrons. The van der Waals surface area contributed by atoms with Gasteiger partial charge in [0.05, 0.1) is 0 Å². The lowest BCUT2D eigenvalue weighted by molar-refractivity contribution is -0.150. The maximum absolute atomic E-state index is 13.0. The average Bonchev–Trinajstić information content (AvgIpc) is 3.47. The third-order valence-corrected chi connectivity index (χ3v) is 6.92. The van der Waals surface area contributed by atoms with Gasteiger partial charge in [-0.2, -0.15) is 9.36 Å². The molecule has 1 aromatic heterocycles. The normalized spacial score (nSPS) is 23.9. The molecule has 2 aliphatic heterocycles. The first-order chi connectivity index (χ1) is 16.3. The number of β-lactam (4-membered cyclic amide) rings is 1. The van der Waals surface area contributed by atoms with Gasteiger partial charge in [-0.1, -0.05) is 11.2 Å². The first-order valence-electron chi connectivity index (χ1n) is 9.89. The number of rotatable bonds is 8. The minimum Gasteiger partial charge on any atom is -0.477 e. The molecule has 180 valence electrons. The number of aromatic nitrogens is 2. The summed E-state index contributed by atoms with van der Waals surface area (Å²) in [7, 11) is 0. The number of nitrogen functional groups attached to an aromatic ring is 1. The summed E-state index contributed by atoms with van der Waals surface area (Å²) in [6, 6.07) is -1.03. The van der Waals surface area contributed by atoms with Crippen molar-refractivity contribution in [2.45, 2.75) is 30.4 Å². The van der Waals surface area contributed by atoms with Crippen molar-refractivity contribution in [3.05, 3.63) is 29.2 Å². The number of oxime groups is 1. The molecular formula is C18H19N7O7S2. The van der Waals surface area contributed by atoms with Crippen molar-refractivity contribution in [3.8, 4) is 0 Å². The predicted octanol–water partition coefficient (Wildman–Crippen LogP) is -0.606. The largest absolute Gasteiger partial charge is 0.477 e. The van der Waals surface area contributed by atoms with Crippen LogP contribution in [0.1, 0.15) is 18.7 Å².